The Morgan fingerprint density at radius 3 is 2.31 bits per heavy atom. The lowest BCUT2D eigenvalue weighted by molar-refractivity contribution is -0.130. The lowest BCUT2D eigenvalue weighted by atomic mass is 9.99. The zero-order valence-electron chi connectivity index (χ0n) is 8.07. The van der Waals surface area contributed by atoms with Crippen molar-refractivity contribution in [3.05, 3.63) is 0 Å². The van der Waals surface area contributed by atoms with Gasteiger partial charge in [0.1, 0.15) is 0 Å². The largest absolute Gasteiger partial charge is 0.335 e. The molecule has 0 aliphatic carbocycles. The Kier molecular flexibility index (Phi) is 5.32. The Balaban J connectivity index is 4.77. The Bertz CT molecular complexity index is 219. The van der Waals surface area contributed by atoms with Gasteiger partial charge in [-0.05, 0) is 19.1 Å². The minimum Gasteiger partial charge on any atom is -0.335 e. The second kappa shape index (κ2) is 5.22. The summed E-state index contributed by atoms with van der Waals surface area (Å²) in [6, 6.07) is 0. The zero-order chi connectivity index (χ0) is 10.6. The fourth-order valence-corrected chi connectivity index (χ4v) is 1.92. The first-order valence-electron chi connectivity index (χ1n) is 3.95. The minimum absolute atomic E-state index is 0.0133. The van der Waals surface area contributed by atoms with Crippen LogP contribution in [0.1, 0.15) is 20.3 Å². The van der Waals surface area contributed by atoms with Gasteiger partial charge in [0, 0.05) is 14.0 Å². The molecule has 0 N–H and O–H groups in total. The molecule has 1 atom stereocenters. The molecular formula is C8H15NOS3. The first-order valence-corrected chi connectivity index (χ1v) is 5.43. The fraction of sp³-hybridized carbons (Fsp3) is 0.750. The van der Waals surface area contributed by atoms with Crippen LogP contribution in [0.5, 0.6) is 0 Å². The van der Waals surface area contributed by atoms with Crippen molar-refractivity contribution in [2.24, 2.45) is 0 Å². The highest BCUT2D eigenvalue weighted by Gasteiger charge is 2.32. The lowest BCUT2D eigenvalue weighted by Gasteiger charge is -2.37. The Morgan fingerprint density at radius 1 is 1.62 bits per heavy atom. The van der Waals surface area contributed by atoms with Crippen LogP contribution in [0.4, 0.5) is 0 Å². The van der Waals surface area contributed by atoms with Crippen molar-refractivity contribution in [3.63, 3.8) is 0 Å². The topological polar surface area (TPSA) is 20.3 Å². The van der Waals surface area contributed by atoms with Gasteiger partial charge in [0.15, 0.2) is 0 Å². The number of thiocarbonyl (C=S) groups is 1. The molecule has 0 heterocycles. The molecule has 0 bridgehead atoms. The van der Waals surface area contributed by atoms with Crippen molar-refractivity contribution in [1.29, 1.82) is 0 Å². The zero-order valence-corrected chi connectivity index (χ0v) is 10.7. The van der Waals surface area contributed by atoms with Crippen molar-refractivity contribution >= 4 is 47.6 Å². The van der Waals surface area contributed by atoms with Crippen LogP contribution in [0.15, 0.2) is 0 Å². The van der Waals surface area contributed by atoms with Crippen LogP contribution in [0.25, 0.3) is 0 Å². The van der Waals surface area contributed by atoms with Gasteiger partial charge in [-0.3, -0.25) is 4.79 Å². The van der Waals surface area contributed by atoms with E-state index in [2.05, 4.69) is 25.3 Å². The van der Waals surface area contributed by atoms with E-state index in [0.29, 0.717) is 16.4 Å². The quantitative estimate of drug-likeness (QED) is 0.574. The minimum atomic E-state index is -0.466. The molecule has 0 aromatic rings. The second-order valence-corrected chi connectivity index (χ2v) is 4.74. The number of hydrogen-bond donors (Lipinski definition) is 2. The van der Waals surface area contributed by atoms with Gasteiger partial charge >= 0.3 is 0 Å². The van der Waals surface area contributed by atoms with Crippen LogP contribution in [-0.2, 0) is 4.79 Å². The highest BCUT2D eigenvalue weighted by atomic mass is 32.1. The van der Waals surface area contributed by atoms with E-state index in [4.69, 9.17) is 12.2 Å². The number of carbonyl (C=O) groups excluding carboxylic acids is 1. The predicted octanol–water partition coefficient (Wildman–Crippen LogP) is 1.80. The van der Waals surface area contributed by atoms with E-state index in [1.165, 1.54) is 6.92 Å². The molecule has 0 spiro atoms. The molecule has 0 saturated carbocycles. The number of thiol groups is 2. The molecule has 0 saturated heterocycles. The van der Waals surface area contributed by atoms with Gasteiger partial charge in [0.25, 0.3) is 0 Å². The SMILES string of the molecule is CC(=O)N(C)[C@@](C)(CCS)C(=S)S. The van der Waals surface area contributed by atoms with Gasteiger partial charge in [-0.15, -0.1) is 12.6 Å². The third-order valence-electron chi connectivity index (χ3n) is 2.27. The van der Waals surface area contributed by atoms with E-state index >= 15 is 0 Å². The predicted molar refractivity (Wildman–Crippen MR) is 66.9 cm³/mol. The molecule has 0 fully saturated rings. The molecule has 2 nitrogen and oxygen atoms in total. The van der Waals surface area contributed by atoms with Crippen molar-refractivity contribution in [3.8, 4) is 0 Å². The summed E-state index contributed by atoms with van der Waals surface area (Å²) in [6.07, 6.45) is 0.717. The number of amides is 1. The van der Waals surface area contributed by atoms with Crippen LogP contribution in [0.2, 0.25) is 0 Å². The number of nitrogens with zero attached hydrogens (tertiary/aromatic N) is 1. The summed E-state index contributed by atoms with van der Waals surface area (Å²) in [6.45, 7) is 3.42. The third kappa shape index (κ3) is 3.14. The van der Waals surface area contributed by atoms with Gasteiger partial charge in [0.2, 0.25) is 5.91 Å². The molecule has 1 amide bonds. The Hall–Kier alpha value is 0.260. The van der Waals surface area contributed by atoms with Crippen molar-refractivity contribution in [2.75, 3.05) is 12.8 Å². The molecule has 0 aliphatic rings. The summed E-state index contributed by atoms with van der Waals surface area (Å²) in [5.74, 6) is 0.662. The lowest BCUT2D eigenvalue weighted by Crippen LogP contribution is -2.50. The molecule has 13 heavy (non-hydrogen) atoms. The molecule has 0 unspecified atom stereocenters. The van der Waals surface area contributed by atoms with E-state index in [9.17, 15) is 4.79 Å². The summed E-state index contributed by atoms with van der Waals surface area (Å²) >= 11 is 13.3. The van der Waals surface area contributed by atoms with Crippen molar-refractivity contribution < 1.29 is 4.79 Å². The molecule has 5 heteroatoms. The van der Waals surface area contributed by atoms with Crippen LogP contribution in [-0.4, -0.2) is 33.3 Å². The fourth-order valence-electron chi connectivity index (χ4n) is 0.983. The average Bonchev–Trinajstić information content (AvgIpc) is 2.02. The van der Waals surface area contributed by atoms with E-state index in [1.54, 1.807) is 11.9 Å². The highest BCUT2D eigenvalue weighted by molar-refractivity contribution is 8.11. The first kappa shape index (κ1) is 13.3. The summed E-state index contributed by atoms with van der Waals surface area (Å²) in [5, 5.41) is 0. The number of carbonyl (C=O) groups is 1. The van der Waals surface area contributed by atoms with Gasteiger partial charge in [-0.1, -0.05) is 12.2 Å². The molecular weight excluding hydrogens is 222 g/mol. The summed E-state index contributed by atoms with van der Waals surface area (Å²) in [5.41, 5.74) is -0.466. The highest BCUT2D eigenvalue weighted by Crippen LogP contribution is 2.23. The van der Waals surface area contributed by atoms with Crippen LogP contribution < -0.4 is 0 Å². The van der Waals surface area contributed by atoms with E-state index in [0.717, 1.165) is 0 Å². The Morgan fingerprint density at radius 2 is 2.08 bits per heavy atom. The number of hydrogen-bond acceptors (Lipinski definition) is 3. The monoisotopic (exact) mass is 237 g/mol. The summed E-state index contributed by atoms with van der Waals surface area (Å²) in [7, 11) is 1.73. The van der Waals surface area contributed by atoms with Gasteiger partial charge in [-0.25, -0.2) is 0 Å². The molecule has 0 radical (unpaired) electrons. The number of rotatable bonds is 4. The normalized spacial score (nSPS) is 14.8. The molecule has 0 aromatic carbocycles. The van der Waals surface area contributed by atoms with Crippen molar-refractivity contribution in [1.82, 2.24) is 4.90 Å². The van der Waals surface area contributed by atoms with Crippen LogP contribution >= 0.6 is 37.5 Å². The van der Waals surface area contributed by atoms with E-state index in [1.807, 2.05) is 6.92 Å². The third-order valence-corrected chi connectivity index (χ3v) is 3.42. The smallest absolute Gasteiger partial charge is 0.219 e. The maximum Gasteiger partial charge on any atom is 0.219 e. The Labute approximate surface area is 95.9 Å². The van der Waals surface area contributed by atoms with Gasteiger partial charge in [0.05, 0.1) is 9.74 Å². The standard InChI is InChI=1S/C8H15NOS3/c1-6(10)9(3)8(2,4-5-11)7(12)13/h11H,4-5H2,1-3H3,(H,12,13)/t8-/m0/s1. The van der Waals surface area contributed by atoms with Gasteiger partial charge < -0.3 is 4.90 Å². The van der Waals surface area contributed by atoms with E-state index in [-0.39, 0.29) is 5.91 Å². The van der Waals surface area contributed by atoms with Crippen LogP contribution in [0, 0.1) is 0 Å². The van der Waals surface area contributed by atoms with E-state index < -0.39 is 5.54 Å². The first-order chi connectivity index (χ1) is 5.86. The van der Waals surface area contributed by atoms with Crippen molar-refractivity contribution in [2.45, 2.75) is 25.8 Å². The molecule has 0 aliphatic heterocycles. The molecule has 0 aromatic heterocycles. The maximum atomic E-state index is 11.2. The average molecular weight is 237 g/mol. The van der Waals surface area contributed by atoms with Gasteiger partial charge in [-0.2, -0.15) is 12.6 Å². The maximum absolute atomic E-state index is 11.2. The molecule has 0 rings (SSSR count). The summed E-state index contributed by atoms with van der Waals surface area (Å²) < 4.78 is 0.527. The second-order valence-electron chi connectivity index (χ2n) is 3.13. The summed E-state index contributed by atoms with van der Waals surface area (Å²) in [4.78, 5) is 12.8. The van der Waals surface area contributed by atoms with Crippen LogP contribution in [0.3, 0.4) is 0 Å². The molecule has 76 valence electrons.